The molecule has 0 aromatic heterocycles. The Kier molecular flexibility index (Phi) is 5.20. The van der Waals surface area contributed by atoms with Crippen LogP contribution in [-0.4, -0.2) is 13.4 Å². The number of benzene rings is 2. The van der Waals surface area contributed by atoms with Crippen molar-refractivity contribution in [2.24, 2.45) is 0 Å². The Hall–Kier alpha value is -1.59. The number of ether oxygens (including phenoxy) is 2. The standard InChI is InChI=1S/C15H11BrClFO3/c1-20-14-6-12(17)4-10(7-19)15(14)21-8-9-2-11(16)5-13(18)3-9/h2-7H,8H2,1H3. The minimum absolute atomic E-state index is 0.0925. The van der Waals surface area contributed by atoms with Gasteiger partial charge in [-0.15, -0.1) is 0 Å². The van der Waals surface area contributed by atoms with Gasteiger partial charge in [0.25, 0.3) is 0 Å². The fourth-order valence-corrected chi connectivity index (χ4v) is 2.56. The molecule has 0 amide bonds. The molecule has 0 saturated heterocycles. The molecule has 0 radical (unpaired) electrons. The Morgan fingerprint density at radius 3 is 2.67 bits per heavy atom. The van der Waals surface area contributed by atoms with Gasteiger partial charge in [0.15, 0.2) is 17.8 Å². The van der Waals surface area contributed by atoms with E-state index in [1.165, 1.54) is 25.3 Å². The van der Waals surface area contributed by atoms with E-state index in [-0.39, 0.29) is 23.7 Å². The monoisotopic (exact) mass is 372 g/mol. The van der Waals surface area contributed by atoms with Crippen LogP contribution in [0.4, 0.5) is 4.39 Å². The summed E-state index contributed by atoms with van der Waals surface area (Å²) in [6.45, 7) is 0.0925. The summed E-state index contributed by atoms with van der Waals surface area (Å²) in [6, 6.07) is 7.46. The number of carbonyl (C=O) groups excluding carboxylic acids is 1. The van der Waals surface area contributed by atoms with Gasteiger partial charge in [0, 0.05) is 15.6 Å². The van der Waals surface area contributed by atoms with Gasteiger partial charge < -0.3 is 9.47 Å². The van der Waals surface area contributed by atoms with Crippen LogP contribution < -0.4 is 9.47 Å². The molecular weight excluding hydrogens is 363 g/mol. The fourth-order valence-electron chi connectivity index (χ4n) is 1.83. The maximum atomic E-state index is 13.3. The Labute approximate surface area is 134 Å². The second kappa shape index (κ2) is 6.91. The van der Waals surface area contributed by atoms with Crippen LogP contribution in [0.1, 0.15) is 15.9 Å². The predicted octanol–water partition coefficient (Wildman–Crippen LogP) is 4.64. The van der Waals surface area contributed by atoms with Gasteiger partial charge in [0.1, 0.15) is 12.4 Å². The van der Waals surface area contributed by atoms with Crippen LogP contribution in [0.25, 0.3) is 0 Å². The lowest BCUT2D eigenvalue weighted by molar-refractivity contribution is 0.111. The van der Waals surface area contributed by atoms with Crippen molar-refractivity contribution in [3.63, 3.8) is 0 Å². The summed E-state index contributed by atoms with van der Waals surface area (Å²) in [4.78, 5) is 11.1. The van der Waals surface area contributed by atoms with Gasteiger partial charge in [-0.1, -0.05) is 27.5 Å². The molecule has 0 saturated carbocycles. The van der Waals surface area contributed by atoms with Gasteiger partial charge in [-0.25, -0.2) is 4.39 Å². The van der Waals surface area contributed by atoms with Crippen molar-refractivity contribution in [1.29, 1.82) is 0 Å². The molecule has 2 aromatic rings. The van der Waals surface area contributed by atoms with Crippen LogP contribution in [0.15, 0.2) is 34.8 Å². The molecule has 21 heavy (non-hydrogen) atoms. The van der Waals surface area contributed by atoms with Crippen LogP contribution >= 0.6 is 27.5 Å². The quantitative estimate of drug-likeness (QED) is 0.716. The molecule has 0 heterocycles. The van der Waals surface area contributed by atoms with E-state index in [2.05, 4.69) is 15.9 Å². The van der Waals surface area contributed by atoms with E-state index in [9.17, 15) is 9.18 Å². The van der Waals surface area contributed by atoms with Gasteiger partial charge in [0.2, 0.25) is 0 Å². The molecule has 6 heteroatoms. The highest BCUT2D eigenvalue weighted by molar-refractivity contribution is 9.10. The number of methoxy groups -OCH3 is 1. The molecule has 0 atom stereocenters. The first-order chi connectivity index (χ1) is 10.0. The van der Waals surface area contributed by atoms with Crippen molar-refractivity contribution in [2.45, 2.75) is 6.61 Å². The average molecular weight is 374 g/mol. The molecule has 0 N–H and O–H groups in total. The van der Waals surface area contributed by atoms with Crippen LogP contribution in [0.3, 0.4) is 0 Å². The zero-order valence-corrected chi connectivity index (χ0v) is 13.4. The Morgan fingerprint density at radius 2 is 2.05 bits per heavy atom. The highest BCUT2D eigenvalue weighted by Gasteiger charge is 2.13. The smallest absolute Gasteiger partial charge is 0.172 e. The van der Waals surface area contributed by atoms with E-state index >= 15 is 0 Å². The van der Waals surface area contributed by atoms with Crippen LogP contribution in [-0.2, 0) is 6.61 Å². The van der Waals surface area contributed by atoms with E-state index in [1.807, 2.05) is 0 Å². The summed E-state index contributed by atoms with van der Waals surface area (Å²) in [5, 5.41) is 0.370. The Morgan fingerprint density at radius 1 is 1.29 bits per heavy atom. The van der Waals surface area contributed by atoms with E-state index in [1.54, 1.807) is 12.1 Å². The molecule has 0 spiro atoms. The number of carbonyl (C=O) groups is 1. The first-order valence-corrected chi connectivity index (χ1v) is 7.11. The fraction of sp³-hybridized carbons (Fsp3) is 0.133. The molecule has 2 rings (SSSR count). The number of hydrogen-bond donors (Lipinski definition) is 0. The van der Waals surface area contributed by atoms with Gasteiger partial charge in [0.05, 0.1) is 12.7 Å². The van der Waals surface area contributed by atoms with E-state index in [0.717, 1.165) is 0 Å². The number of halogens is 3. The number of aldehydes is 1. The van der Waals surface area contributed by atoms with Gasteiger partial charge in [-0.05, 0) is 29.8 Å². The Balaban J connectivity index is 2.28. The molecule has 0 bridgehead atoms. The zero-order chi connectivity index (χ0) is 15.4. The number of hydrogen-bond acceptors (Lipinski definition) is 3. The van der Waals surface area contributed by atoms with Crippen LogP contribution in [0, 0.1) is 5.82 Å². The maximum absolute atomic E-state index is 13.3. The third kappa shape index (κ3) is 3.95. The molecule has 0 aliphatic carbocycles. The molecule has 2 aromatic carbocycles. The maximum Gasteiger partial charge on any atom is 0.172 e. The molecule has 0 unspecified atom stereocenters. The first-order valence-electron chi connectivity index (χ1n) is 5.94. The molecular formula is C15H11BrClFO3. The van der Waals surface area contributed by atoms with Crippen molar-refractivity contribution in [3.05, 3.63) is 56.8 Å². The number of rotatable bonds is 5. The van der Waals surface area contributed by atoms with Crippen molar-refractivity contribution in [2.75, 3.05) is 7.11 Å². The minimum atomic E-state index is -0.373. The lowest BCUT2D eigenvalue weighted by atomic mass is 10.2. The molecule has 110 valence electrons. The summed E-state index contributed by atoms with van der Waals surface area (Å²) >= 11 is 9.10. The second-order valence-electron chi connectivity index (χ2n) is 4.21. The summed E-state index contributed by atoms with van der Waals surface area (Å²) < 4.78 is 24.7. The molecule has 0 fully saturated rings. The molecule has 0 aliphatic rings. The van der Waals surface area contributed by atoms with Crippen molar-refractivity contribution in [1.82, 2.24) is 0 Å². The van der Waals surface area contributed by atoms with Gasteiger partial charge in [-0.3, -0.25) is 4.79 Å². The lowest BCUT2D eigenvalue weighted by Crippen LogP contribution is -2.01. The minimum Gasteiger partial charge on any atom is -0.493 e. The summed E-state index contributed by atoms with van der Waals surface area (Å²) in [6.07, 6.45) is 0.630. The van der Waals surface area contributed by atoms with E-state index in [0.29, 0.717) is 27.1 Å². The third-order valence-corrected chi connectivity index (χ3v) is 3.38. The third-order valence-electron chi connectivity index (χ3n) is 2.70. The zero-order valence-electron chi connectivity index (χ0n) is 11.0. The highest BCUT2D eigenvalue weighted by atomic mass is 79.9. The van der Waals surface area contributed by atoms with Gasteiger partial charge >= 0.3 is 0 Å². The van der Waals surface area contributed by atoms with Crippen molar-refractivity contribution >= 4 is 33.8 Å². The second-order valence-corrected chi connectivity index (χ2v) is 5.56. The summed E-state index contributed by atoms with van der Waals surface area (Å²) in [5.74, 6) is 0.249. The highest BCUT2D eigenvalue weighted by Crippen LogP contribution is 2.34. The van der Waals surface area contributed by atoms with E-state index < -0.39 is 0 Å². The molecule has 0 aliphatic heterocycles. The summed E-state index contributed by atoms with van der Waals surface area (Å²) in [5.41, 5.74) is 0.894. The van der Waals surface area contributed by atoms with E-state index in [4.69, 9.17) is 21.1 Å². The van der Waals surface area contributed by atoms with Gasteiger partial charge in [-0.2, -0.15) is 0 Å². The normalized spacial score (nSPS) is 10.3. The summed E-state index contributed by atoms with van der Waals surface area (Å²) in [7, 11) is 1.45. The predicted molar refractivity (Wildman–Crippen MR) is 81.8 cm³/mol. The average Bonchev–Trinajstić information content (AvgIpc) is 2.43. The van der Waals surface area contributed by atoms with Crippen LogP contribution in [0.5, 0.6) is 11.5 Å². The topological polar surface area (TPSA) is 35.5 Å². The van der Waals surface area contributed by atoms with Crippen LogP contribution in [0.2, 0.25) is 5.02 Å². The molecule has 3 nitrogen and oxygen atoms in total. The Bertz CT molecular complexity index is 656. The first kappa shape index (κ1) is 15.8. The SMILES string of the molecule is COc1cc(Cl)cc(C=O)c1OCc1cc(F)cc(Br)c1. The van der Waals surface area contributed by atoms with Crippen molar-refractivity contribution in [3.8, 4) is 11.5 Å². The largest absolute Gasteiger partial charge is 0.493 e. The lowest BCUT2D eigenvalue weighted by Gasteiger charge is -2.13. The van der Waals surface area contributed by atoms with Crippen molar-refractivity contribution < 1.29 is 18.7 Å².